The van der Waals surface area contributed by atoms with Crippen molar-refractivity contribution in [3.05, 3.63) is 41.4 Å². The molecule has 1 atom stereocenters. The Kier molecular flexibility index (Phi) is 3.33. The third kappa shape index (κ3) is 2.42. The Hall–Kier alpha value is -1.55. The van der Waals surface area contributed by atoms with Crippen molar-refractivity contribution in [2.24, 2.45) is 7.05 Å². The van der Waals surface area contributed by atoms with Gasteiger partial charge in [-0.2, -0.15) is 0 Å². The first-order valence-electron chi connectivity index (χ1n) is 5.82. The number of rotatable bonds is 4. The van der Waals surface area contributed by atoms with Gasteiger partial charge in [-0.1, -0.05) is 0 Å². The van der Waals surface area contributed by atoms with Gasteiger partial charge in [0, 0.05) is 37.5 Å². The lowest BCUT2D eigenvalue weighted by molar-refractivity contribution is 0.487. The van der Waals surface area contributed by atoms with Gasteiger partial charge in [0.05, 0.1) is 0 Å². The summed E-state index contributed by atoms with van der Waals surface area (Å²) in [5, 5.41) is 3.32. The van der Waals surface area contributed by atoms with Crippen LogP contribution < -0.4 is 5.32 Å². The molecule has 0 fully saturated rings. The van der Waals surface area contributed by atoms with E-state index in [4.69, 9.17) is 4.42 Å². The first-order valence-corrected chi connectivity index (χ1v) is 5.82. The molecule has 0 amide bonds. The van der Waals surface area contributed by atoms with Crippen LogP contribution in [0, 0.1) is 13.8 Å². The molecule has 0 saturated heterocycles. The number of nitrogens with one attached hydrogen (secondary N) is 1. The van der Waals surface area contributed by atoms with Gasteiger partial charge in [-0.25, -0.2) is 4.98 Å². The summed E-state index contributed by atoms with van der Waals surface area (Å²) in [5.74, 6) is 3.01. The van der Waals surface area contributed by atoms with Gasteiger partial charge in [0.1, 0.15) is 17.3 Å². The van der Waals surface area contributed by atoms with Crippen molar-refractivity contribution in [2.45, 2.75) is 26.3 Å². The number of nitrogens with zero attached hydrogens (tertiary/aromatic N) is 2. The highest BCUT2D eigenvalue weighted by atomic mass is 16.3. The number of furan rings is 1. The second-order valence-corrected chi connectivity index (χ2v) is 4.37. The fourth-order valence-electron chi connectivity index (χ4n) is 2.14. The number of aryl methyl sites for hydroxylation is 3. The predicted octanol–water partition coefficient (Wildman–Crippen LogP) is 2.13. The first-order chi connectivity index (χ1) is 8.11. The summed E-state index contributed by atoms with van der Waals surface area (Å²) in [6.07, 6.45) is 4.66. The van der Waals surface area contributed by atoms with Crippen molar-refractivity contribution in [3.8, 4) is 0 Å². The van der Waals surface area contributed by atoms with E-state index in [9.17, 15) is 0 Å². The number of hydrogen-bond donors (Lipinski definition) is 1. The van der Waals surface area contributed by atoms with Crippen LogP contribution in [0.15, 0.2) is 22.9 Å². The van der Waals surface area contributed by atoms with Crippen molar-refractivity contribution >= 4 is 0 Å². The lowest BCUT2D eigenvalue weighted by atomic mass is 10.0. The van der Waals surface area contributed by atoms with Gasteiger partial charge >= 0.3 is 0 Å². The van der Waals surface area contributed by atoms with E-state index in [0.717, 1.165) is 23.8 Å². The molecule has 92 valence electrons. The molecule has 2 aromatic rings. The molecule has 0 aliphatic carbocycles. The molecule has 0 bridgehead atoms. The molecule has 1 unspecified atom stereocenters. The molecule has 0 aromatic carbocycles. The molecular weight excluding hydrogens is 214 g/mol. The van der Waals surface area contributed by atoms with Gasteiger partial charge in [-0.15, -0.1) is 0 Å². The topological polar surface area (TPSA) is 43.0 Å². The van der Waals surface area contributed by atoms with Gasteiger partial charge < -0.3 is 14.3 Å². The Balaban J connectivity index is 2.23. The van der Waals surface area contributed by atoms with Gasteiger partial charge in [-0.05, 0) is 27.0 Å². The Morgan fingerprint density at radius 1 is 1.47 bits per heavy atom. The number of hydrogen-bond acceptors (Lipinski definition) is 3. The van der Waals surface area contributed by atoms with Crippen LogP contribution >= 0.6 is 0 Å². The van der Waals surface area contributed by atoms with Crippen LogP contribution in [0.5, 0.6) is 0 Å². The number of imidazole rings is 1. The third-order valence-electron chi connectivity index (χ3n) is 3.11. The molecule has 17 heavy (non-hydrogen) atoms. The quantitative estimate of drug-likeness (QED) is 0.879. The van der Waals surface area contributed by atoms with Crippen LogP contribution in [0.4, 0.5) is 0 Å². The van der Waals surface area contributed by atoms with Crippen molar-refractivity contribution in [1.29, 1.82) is 0 Å². The van der Waals surface area contributed by atoms with Gasteiger partial charge in [-0.3, -0.25) is 0 Å². The molecule has 2 heterocycles. The highest BCUT2D eigenvalue weighted by Gasteiger charge is 2.17. The fourth-order valence-corrected chi connectivity index (χ4v) is 2.14. The van der Waals surface area contributed by atoms with Gasteiger partial charge in [0.25, 0.3) is 0 Å². The van der Waals surface area contributed by atoms with Crippen LogP contribution in [0.2, 0.25) is 0 Å². The zero-order valence-corrected chi connectivity index (χ0v) is 10.8. The summed E-state index contributed by atoms with van der Waals surface area (Å²) >= 11 is 0. The Labute approximate surface area is 102 Å². The lowest BCUT2D eigenvalue weighted by Gasteiger charge is -2.15. The third-order valence-corrected chi connectivity index (χ3v) is 3.11. The average molecular weight is 233 g/mol. The van der Waals surface area contributed by atoms with Crippen molar-refractivity contribution in [3.63, 3.8) is 0 Å². The molecule has 0 aliphatic rings. The average Bonchev–Trinajstić information content (AvgIpc) is 2.82. The number of likely N-dealkylation sites (N-methyl/N-ethyl adjacent to an activating group) is 1. The zero-order chi connectivity index (χ0) is 12.4. The van der Waals surface area contributed by atoms with E-state index in [1.807, 2.05) is 44.9 Å². The number of aromatic nitrogens is 2. The van der Waals surface area contributed by atoms with E-state index >= 15 is 0 Å². The van der Waals surface area contributed by atoms with E-state index in [-0.39, 0.29) is 6.04 Å². The summed E-state index contributed by atoms with van der Waals surface area (Å²) in [6.45, 7) is 3.98. The first kappa shape index (κ1) is 11.9. The molecule has 0 saturated carbocycles. The standard InChI is InChI=1S/C13H19N3O/c1-9-7-11(10(2)17-9)12(14-3)8-13-15-5-6-16(13)4/h5-7,12,14H,8H2,1-4H3. The van der Waals surface area contributed by atoms with Gasteiger partial charge in [0.15, 0.2) is 0 Å². The Morgan fingerprint density at radius 3 is 2.71 bits per heavy atom. The summed E-state index contributed by atoms with van der Waals surface area (Å²) in [5.41, 5.74) is 1.22. The monoisotopic (exact) mass is 233 g/mol. The summed E-state index contributed by atoms with van der Waals surface area (Å²) < 4.78 is 7.63. The Morgan fingerprint density at radius 2 is 2.24 bits per heavy atom. The molecule has 4 nitrogen and oxygen atoms in total. The highest BCUT2D eigenvalue weighted by molar-refractivity contribution is 5.25. The molecule has 2 rings (SSSR count). The summed E-state index contributed by atoms with van der Waals surface area (Å²) in [4.78, 5) is 4.36. The molecule has 0 radical (unpaired) electrons. The van der Waals surface area contributed by atoms with Crippen molar-refractivity contribution in [1.82, 2.24) is 14.9 Å². The molecule has 1 N–H and O–H groups in total. The van der Waals surface area contributed by atoms with Crippen molar-refractivity contribution < 1.29 is 4.42 Å². The fraction of sp³-hybridized carbons (Fsp3) is 0.462. The minimum absolute atomic E-state index is 0.244. The second kappa shape index (κ2) is 4.75. The molecule has 4 heteroatoms. The maximum Gasteiger partial charge on any atom is 0.110 e. The SMILES string of the molecule is CNC(Cc1nccn1C)c1cc(C)oc1C. The maximum atomic E-state index is 5.58. The van der Waals surface area contributed by atoms with Crippen molar-refractivity contribution in [2.75, 3.05) is 7.05 Å². The van der Waals surface area contributed by atoms with Crippen LogP contribution in [0.1, 0.15) is 29.0 Å². The summed E-state index contributed by atoms with van der Waals surface area (Å²) in [6, 6.07) is 2.34. The highest BCUT2D eigenvalue weighted by Crippen LogP contribution is 2.23. The molecule has 0 aliphatic heterocycles. The zero-order valence-electron chi connectivity index (χ0n) is 10.8. The minimum Gasteiger partial charge on any atom is -0.466 e. The second-order valence-electron chi connectivity index (χ2n) is 4.37. The van der Waals surface area contributed by atoms with E-state index in [2.05, 4.69) is 16.4 Å². The van der Waals surface area contributed by atoms with E-state index in [0.29, 0.717) is 0 Å². The van der Waals surface area contributed by atoms with Gasteiger partial charge in [0.2, 0.25) is 0 Å². The molecule has 0 spiro atoms. The van der Waals surface area contributed by atoms with Crippen LogP contribution in [-0.4, -0.2) is 16.6 Å². The molecular formula is C13H19N3O. The smallest absolute Gasteiger partial charge is 0.110 e. The van der Waals surface area contributed by atoms with Crippen LogP contribution in [0.25, 0.3) is 0 Å². The predicted molar refractivity (Wildman–Crippen MR) is 66.9 cm³/mol. The summed E-state index contributed by atoms with van der Waals surface area (Å²) in [7, 11) is 3.98. The maximum absolute atomic E-state index is 5.58. The van der Waals surface area contributed by atoms with E-state index < -0.39 is 0 Å². The minimum atomic E-state index is 0.244. The molecule has 2 aromatic heterocycles. The van der Waals surface area contributed by atoms with Crippen LogP contribution in [0.3, 0.4) is 0 Å². The largest absolute Gasteiger partial charge is 0.466 e. The van der Waals surface area contributed by atoms with E-state index in [1.165, 1.54) is 5.56 Å². The lowest BCUT2D eigenvalue weighted by Crippen LogP contribution is -2.20. The Bertz CT molecular complexity index is 498. The van der Waals surface area contributed by atoms with E-state index in [1.54, 1.807) is 0 Å². The van der Waals surface area contributed by atoms with Crippen LogP contribution in [-0.2, 0) is 13.5 Å². The normalized spacial score (nSPS) is 12.9.